The molecule has 3 rings (SSSR count). The maximum absolute atomic E-state index is 12.1. The Bertz CT molecular complexity index is 717. The Kier molecular flexibility index (Phi) is 6.45. The van der Waals surface area contributed by atoms with Crippen molar-refractivity contribution in [2.45, 2.75) is 39.0 Å². The van der Waals surface area contributed by atoms with Gasteiger partial charge in [-0.15, -0.1) is 11.3 Å². The minimum Gasteiger partial charge on any atom is -0.372 e. The molecule has 26 heavy (non-hydrogen) atoms. The van der Waals surface area contributed by atoms with Crippen LogP contribution in [0.2, 0.25) is 0 Å². The SMILES string of the molecule is CC1CCN(c2ccc(NC(=O)CCCC(=O)c3cccs3)cc2)CC1. The molecule has 2 aromatic rings. The monoisotopic (exact) mass is 370 g/mol. The largest absolute Gasteiger partial charge is 0.372 e. The molecule has 0 atom stereocenters. The van der Waals surface area contributed by atoms with Gasteiger partial charge in [0.2, 0.25) is 5.91 Å². The Hall–Kier alpha value is -2.14. The van der Waals surface area contributed by atoms with Crippen LogP contribution in [0.25, 0.3) is 0 Å². The van der Waals surface area contributed by atoms with Crippen LogP contribution in [-0.2, 0) is 4.79 Å². The third-order valence-electron chi connectivity index (χ3n) is 4.90. The van der Waals surface area contributed by atoms with Crippen molar-refractivity contribution >= 4 is 34.4 Å². The summed E-state index contributed by atoms with van der Waals surface area (Å²) in [5.41, 5.74) is 2.03. The molecule has 0 unspecified atom stereocenters. The zero-order valence-corrected chi connectivity index (χ0v) is 16.1. The van der Waals surface area contributed by atoms with Crippen molar-refractivity contribution in [2.75, 3.05) is 23.3 Å². The highest BCUT2D eigenvalue weighted by Gasteiger charge is 2.16. The first kappa shape index (κ1) is 18.6. The van der Waals surface area contributed by atoms with Gasteiger partial charge in [0.1, 0.15) is 0 Å². The Balaban J connectivity index is 1.42. The molecular weight excluding hydrogens is 344 g/mol. The fourth-order valence-electron chi connectivity index (χ4n) is 3.22. The first-order chi connectivity index (χ1) is 12.6. The fourth-order valence-corrected chi connectivity index (χ4v) is 3.91. The van der Waals surface area contributed by atoms with Crippen molar-refractivity contribution in [2.24, 2.45) is 5.92 Å². The molecule has 5 heteroatoms. The number of piperidine rings is 1. The van der Waals surface area contributed by atoms with Crippen LogP contribution < -0.4 is 10.2 Å². The van der Waals surface area contributed by atoms with Crippen molar-refractivity contribution in [3.63, 3.8) is 0 Å². The molecule has 1 fully saturated rings. The second kappa shape index (κ2) is 8.99. The van der Waals surface area contributed by atoms with Gasteiger partial charge in [-0.25, -0.2) is 0 Å². The summed E-state index contributed by atoms with van der Waals surface area (Å²) in [5.74, 6) is 0.896. The highest BCUT2D eigenvalue weighted by Crippen LogP contribution is 2.24. The summed E-state index contributed by atoms with van der Waals surface area (Å²) in [6.45, 7) is 4.51. The van der Waals surface area contributed by atoms with Crippen molar-refractivity contribution in [3.8, 4) is 0 Å². The van der Waals surface area contributed by atoms with Gasteiger partial charge in [-0.3, -0.25) is 9.59 Å². The van der Waals surface area contributed by atoms with E-state index in [1.165, 1.54) is 29.9 Å². The van der Waals surface area contributed by atoms with E-state index in [0.717, 1.165) is 29.6 Å². The number of benzene rings is 1. The molecule has 0 aliphatic carbocycles. The van der Waals surface area contributed by atoms with Crippen LogP contribution in [0.15, 0.2) is 41.8 Å². The molecular formula is C21H26N2O2S. The lowest BCUT2D eigenvalue weighted by molar-refractivity contribution is -0.116. The normalized spacial score (nSPS) is 15.0. The summed E-state index contributed by atoms with van der Waals surface area (Å²) in [4.78, 5) is 27.2. The van der Waals surface area contributed by atoms with Gasteiger partial charge in [0.25, 0.3) is 0 Å². The smallest absolute Gasteiger partial charge is 0.224 e. The standard InChI is InChI=1S/C21H26N2O2S/c1-16-11-13-23(14-12-16)18-9-7-17(8-10-18)22-21(25)6-2-4-19(24)20-5-3-15-26-20/h3,5,7-10,15-16H,2,4,6,11-14H2,1H3,(H,22,25). The van der Waals surface area contributed by atoms with Gasteiger partial charge in [-0.2, -0.15) is 0 Å². The van der Waals surface area contributed by atoms with Crippen molar-refractivity contribution < 1.29 is 9.59 Å². The zero-order valence-electron chi connectivity index (χ0n) is 15.2. The Labute approximate surface area is 159 Å². The van der Waals surface area contributed by atoms with Gasteiger partial charge in [-0.1, -0.05) is 13.0 Å². The number of amides is 1. The maximum atomic E-state index is 12.1. The average Bonchev–Trinajstić information content (AvgIpc) is 3.18. The van der Waals surface area contributed by atoms with Crippen molar-refractivity contribution in [1.82, 2.24) is 0 Å². The molecule has 1 aromatic carbocycles. The molecule has 1 aliphatic rings. The number of hydrogen-bond acceptors (Lipinski definition) is 4. The predicted octanol–water partition coefficient (Wildman–Crippen LogP) is 4.98. The van der Waals surface area contributed by atoms with Crippen LogP contribution in [0, 0.1) is 5.92 Å². The van der Waals surface area contributed by atoms with E-state index in [9.17, 15) is 9.59 Å². The summed E-state index contributed by atoms with van der Waals surface area (Å²) in [6.07, 6.45) is 3.83. The van der Waals surface area contributed by atoms with E-state index in [1.54, 1.807) is 0 Å². The number of thiophene rings is 1. The Morgan fingerprint density at radius 3 is 2.50 bits per heavy atom. The van der Waals surface area contributed by atoms with Crippen LogP contribution in [0.5, 0.6) is 0 Å². The molecule has 0 spiro atoms. The molecule has 1 N–H and O–H groups in total. The van der Waals surface area contributed by atoms with E-state index < -0.39 is 0 Å². The number of rotatable bonds is 7. The first-order valence-electron chi connectivity index (χ1n) is 9.33. The lowest BCUT2D eigenvalue weighted by atomic mass is 9.99. The second-order valence-corrected chi connectivity index (χ2v) is 7.97. The van der Waals surface area contributed by atoms with Crippen molar-refractivity contribution in [1.29, 1.82) is 0 Å². The van der Waals surface area contributed by atoms with Crippen molar-refractivity contribution in [3.05, 3.63) is 46.7 Å². The molecule has 1 aromatic heterocycles. The number of nitrogens with zero attached hydrogens (tertiary/aromatic N) is 1. The van der Waals surface area contributed by atoms with Crippen LogP contribution >= 0.6 is 11.3 Å². The van der Waals surface area contributed by atoms with Gasteiger partial charge in [-0.05, 0) is 60.9 Å². The lowest BCUT2D eigenvalue weighted by Crippen LogP contribution is -2.32. The number of Topliss-reactive ketones (excluding diaryl/α,β-unsaturated/α-hetero) is 1. The molecule has 0 saturated carbocycles. The molecule has 4 nitrogen and oxygen atoms in total. The highest BCUT2D eigenvalue weighted by molar-refractivity contribution is 7.12. The van der Waals surface area contributed by atoms with Gasteiger partial charge in [0.15, 0.2) is 5.78 Å². The molecule has 138 valence electrons. The number of nitrogens with one attached hydrogen (secondary N) is 1. The highest BCUT2D eigenvalue weighted by atomic mass is 32.1. The maximum Gasteiger partial charge on any atom is 0.224 e. The summed E-state index contributed by atoms with van der Waals surface area (Å²) in [6, 6.07) is 11.8. The first-order valence-corrected chi connectivity index (χ1v) is 10.2. The van der Waals surface area contributed by atoms with Gasteiger partial charge in [0, 0.05) is 37.3 Å². The van der Waals surface area contributed by atoms with E-state index in [1.807, 2.05) is 29.6 Å². The quantitative estimate of drug-likeness (QED) is 0.700. The van der Waals surface area contributed by atoms with E-state index in [0.29, 0.717) is 19.3 Å². The Morgan fingerprint density at radius 2 is 1.85 bits per heavy atom. The van der Waals surface area contributed by atoms with Crippen LogP contribution in [0.4, 0.5) is 11.4 Å². The molecule has 1 aliphatic heterocycles. The van der Waals surface area contributed by atoms with Gasteiger partial charge < -0.3 is 10.2 Å². The molecule has 2 heterocycles. The van der Waals surface area contributed by atoms with Gasteiger partial charge >= 0.3 is 0 Å². The third-order valence-corrected chi connectivity index (χ3v) is 5.81. The molecule has 1 amide bonds. The predicted molar refractivity (Wildman–Crippen MR) is 108 cm³/mol. The van der Waals surface area contributed by atoms with Crippen LogP contribution in [-0.4, -0.2) is 24.8 Å². The fraction of sp³-hybridized carbons (Fsp3) is 0.429. The molecule has 0 radical (unpaired) electrons. The van der Waals surface area contributed by atoms with E-state index >= 15 is 0 Å². The number of carbonyl (C=O) groups excluding carboxylic acids is 2. The average molecular weight is 371 g/mol. The summed E-state index contributed by atoms with van der Waals surface area (Å²) in [7, 11) is 0. The lowest BCUT2D eigenvalue weighted by Gasteiger charge is -2.32. The molecule has 1 saturated heterocycles. The summed E-state index contributed by atoms with van der Waals surface area (Å²) in [5, 5.41) is 4.82. The summed E-state index contributed by atoms with van der Waals surface area (Å²) >= 11 is 1.45. The molecule has 0 bridgehead atoms. The topological polar surface area (TPSA) is 49.4 Å². The number of ketones is 1. The van der Waals surface area contributed by atoms with E-state index in [4.69, 9.17) is 0 Å². The number of hydrogen-bond donors (Lipinski definition) is 1. The summed E-state index contributed by atoms with van der Waals surface area (Å²) < 4.78 is 0. The van der Waals surface area contributed by atoms with Gasteiger partial charge in [0.05, 0.1) is 4.88 Å². The third kappa shape index (κ3) is 5.18. The van der Waals surface area contributed by atoms with Crippen LogP contribution in [0.3, 0.4) is 0 Å². The number of carbonyl (C=O) groups is 2. The van der Waals surface area contributed by atoms with E-state index in [2.05, 4.69) is 29.3 Å². The minimum atomic E-state index is -0.0384. The second-order valence-electron chi connectivity index (χ2n) is 7.02. The minimum absolute atomic E-state index is 0.0384. The Morgan fingerprint density at radius 1 is 1.12 bits per heavy atom. The number of anilines is 2. The van der Waals surface area contributed by atoms with E-state index in [-0.39, 0.29) is 11.7 Å². The van der Waals surface area contributed by atoms with Crippen LogP contribution in [0.1, 0.15) is 48.7 Å². The zero-order chi connectivity index (χ0) is 18.4.